The van der Waals surface area contributed by atoms with Gasteiger partial charge in [0, 0.05) is 47.9 Å². The van der Waals surface area contributed by atoms with Gasteiger partial charge in [0.2, 0.25) is 0 Å². The van der Waals surface area contributed by atoms with E-state index in [9.17, 15) is 35.1 Å². The lowest BCUT2D eigenvalue weighted by atomic mass is 9.45. The zero-order valence-corrected chi connectivity index (χ0v) is 36.1. The van der Waals surface area contributed by atoms with Gasteiger partial charge in [0.25, 0.3) is 0 Å². The number of allylic oxidation sites excluding steroid dienone is 5. The second-order valence-corrected chi connectivity index (χ2v) is 22.3. The van der Waals surface area contributed by atoms with E-state index in [-0.39, 0.29) is 84.3 Å². The number of ether oxygens (including phenoxy) is 1. The van der Waals surface area contributed by atoms with Crippen molar-refractivity contribution in [1.82, 2.24) is 4.98 Å². The summed E-state index contributed by atoms with van der Waals surface area (Å²) in [5.41, 5.74) is -1.39. The van der Waals surface area contributed by atoms with Crippen LogP contribution in [0.2, 0.25) is 0 Å². The number of fused-ring (bicyclic) bond motifs is 8. The third kappa shape index (κ3) is 5.82. The van der Waals surface area contributed by atoms with Gasteiger partial charge < -0.3 is 35.3 Å². The van der Waals surface area contributed by atoms with Crippen molar-refractivity contribution in [1.29, 1.82) is 0 Å². The van der Waals surface area contributed by atoms with Crippen molar-refractivity contribution in [2.45, 2.75) is 134 Å². The average molecular weight is 822 g/mol. The summed E-state index contributed by atoms with van der Waals surface area (Å²) >= 11 is 0. The third-order valence-electron chi connectivity index (χ3n) is 19.2. The monoisotopic (exact) mass is 821 g/mol. The molecule has 4 bridgehead atoms. The Hall–Kier alpha value is -3.00. The van der Waals surface area contributed by atoms with Crippen LogP contribution < -0.4 is 0 Å². The number of ketones is 1. The number of H-pyrrole nitrogens is 1. The fourth-order valence-electron chi connectivity index (χ4n) is 16.4. The largest absolute Gasteiger partial charge is 0.465 e. The van der Waals surface area contributed by atoms with Crippen LogP contribution in [0.5, 0.6) is 0 Å². The molecule has 21 unspecified atom stereocenters. The maximum atomic E-state index is 14.1. The first-order valence-electron chi connectivity index (χ1n) is 23.4. The van der Waals surface area contributed by atoms with Gasteiger partial charge in [0.1, 0.15) is 0 Å². The number of hydrogen-bond donors (Lipinski definition) is 6. The van der Waals surface area contributed by atoms with Crippen LogP contribution in [0.25, 0.3) is 0 Å². The number of hydrogen-bond acceptors (Lipinski definition) is 8. The molecule has 0 aromatic carbocycles. The van der Waals surface area contributed by atoms with E-state index in [1.807, 2.05) is 18.5 Å². The predicted molar refractivity (Wildman–Crippen MR) is 225 cm³/mol. The number of nitrogens with one attached hydrogen (secondary N) is 1. The molecule has 9 nitrogen and oxygen atoms in total. The lowest BCUT2D eigenvalue weighted by Crippen LogP contribution is -2.63. The highest BCUT2D eigenvalue weighted by Gasteiger charge is 2.72. The summed E-state index contributed by atoms with van der Waals surface area (Å²) in [4.78, 5) is 30.9. The van der Waals surface area contributed by atoms with Gasteiger partial charge in [-0.15, -0.1) is 5.92 Å². The van der Waals surface area contributed by atoms with E-state index in [0.717, 1.165) is 18.4 Å². The van der Waals surface area contributed by atoms with E-state index in [1.54, 1.807) is 18.6 Å². The van der Waals surface area contributed by atoms with Crippen molar-refractivity contribution < 1.29 is 39.9 Å². The van der Waals surface area contributed by atoms with Gasteiger partial charge in [-0.2, -0.15) is 0 Å². The van der Waals surface area contributed by atoms with E-state index in [1.165, 1.54) is 6.42 Å². The van der Waals surface area contributed by atoms with Crippen molar-refractivity contribution >= 4 is 11.8 Å². The first kappa shape index (κ1) is 41.0. The Morgan fingerprint density at radius 3 is 2.50 bits per heavy atom. The van der Waals surface area contributed by atoms with Gasteiger partial charge in [-0.1, -0.05) is 57.4 Å². The highest BCUT2D eigenvalue weighted by atomic mass is 16.5. The average Bonchev–Trinajstić information content (AvgIpc) is 3.91. The predicted octanol–water partition coefficient (Wildman–Crippen LogP) is 6.27. The molecule has 1 aromatic heterocycles. The molecule has 0 amide bonds. The molecule has 1 saturated heterocycles. The van der Waals surface area contributed by atoms with Crippen molar-refractivity contribution in [3.8, 4) is 11.8 Å². The fraction of sp³-hybridized carbons (Fsp3) is 0.725. The second kappa shape index (κ2) is 14.3. The molecule has 0 spiro atoms. The molecule has 9 heteroatoms. The van der Waals surface area contributed by atoms with E-state index < -0.39 is 58.1 Å². The summed E-state index contributed by atoms with van der Waals surface area (Å²) in [7, 11) is 0. The minimum absolute atomic E-state index is 0.0474. The lowest BCUT2D eigenvalue weighted by Gasteiger charge is -2.61. The fourth-order valence-corrected chi connectivity index (χ4v) is 16.4. The van der Waals surface area contributed by atoms with Gasteiger partial charge in [-0.25, -0.2) is 0 Å². The molecule has 9 aliphatic rings. The molecule has 4 saturated carbocycles. The van der Waals surface area contributed by atoms with Crippen molar-refractivity contribution in [2.24, 2.45) is 87.8 Å². The number of aromatic nitrogens is 1. The Labute approximate surface area is 355 Å². The first-order valence-corrected chi connectivity index (χ1v) is 23.4. The van der Waals surface area contributed by atoms with E-state index >= 15 is 0 Å². The summed E-state index contributed by atoms with van der Waals surface area (Å²) in [6.45, 7) is 10.8. The molecule has 10 rings (SSSR count). The number of aromatic amines is 1. The maximum Gasteiger partial charge on any atom is 0.313 e. The highest BCUT2D eigenvalue weighted by molar-refractivity contribution is 5.95. The number of aliphatic hydroxyl groups excluding tert-OH is 3. The van der Waals surface area contributed by atoms with Crippen LogP contribution in [0.1, 0.15) is 110 Å². The van der Waals surface area contributed by atoms with Gasteiger partial charge in [0.05, 0.1) is 42.0 Å². The number of rotatable bonds is 2. The van der Waals surface area contributed by atoms with Gasteiger partial charge in [0.15, 0.2) is 5.78 Å². The Morgan fingerprint density at radius 2 is 1.73 bits per heavy atom. The number of cyclic esters (lactones) is 1. The van der Waals surface area contributed by atoms with Gasteiger partial charge >= 0.3 is 5.97 Å². The normalized spacial score (nSPS) is 53.2. The molecule has 8 aliphatic carbocycles. The van der Waals surface area contributed by atoms with Crippen LogP contribution in [0.15, 0.2) is 53.9 Å². The van der Waals surface area contributed by atoms with Crippen molar-refractivity contribution in [2.75, 3.05) is 6.61 Å². The molecule has 2 heterocycles. The lowest BCUT2D eigenvalue weighted by molar-refractivity contribution is -0.182. The van der Waals surface area contributed by atoms with Crippen LogP contribution in [-0.2, 0) is 14.3 Å². The molecule has 1 aromatic rings. The number of carbonyl (C=O) groups excluding carboxylic acids is 2. The molecule has 6 N–H and O–H groups in total. The summed E-state index contributed by atoms with van der Waals surface area (Å²) in [5, 5.41) is 60.6. The summed E-state index contributed by atoms with van der Waals surface area (Å²) in [6, 6.07) is 1.98. The zero-order valence-electron chi connectivity index (χ0n) is 36.1. The van der Waals surface area contributed by atoms with Gasteiger partial charge in [-0.3, -0.25) is 9.59 Å². The SMILES string of the molecule is CC1CCC2=CC3C=CC4C(C5COC(=O)C5c5cc[nH]c5)C#CCC5CC6(O)C7=CC(=O)C8CC(O)C(O)CC8(C)C7CCC6(C)C5C(C)(O)C(O)CC(C)C3C4C2C1. The minimum Gasteiger partial charge on any atom is -0.465 e. The van der Waals surface area contributed by atoms with E-state index in [2.05, 4.69) is 62.7 Å². The third-order valence-corrected chi connectivity index (χ3v) is 19.2. The Bertz CT molecular complexity index is 2060. The van der Waals surface area contributed by atoms with Crippen molar-refractivity contribution in [3.05, 3.63) is 59.5 Å². The second-order valence-electron chi connectivity index (χ2n) is 22.3. The maximum absolute atomic E-state index is 14.1. The standard InChI is InChI=1S/C51H67NO8/c1-26-9-10-28-19-29-11-12-33-32(35-25-60-47(57)44(35)31-14-16-52-24-31)8-6-7-30-22-51(59)37-20-39(53)38-21-40(54)41(55)23-48(38,3)36(37)13-15-49(51,4)46(30)50(5,58)42(56)18-27(2)43(29)45(33)34(28)17-26/h11-12,14,16,19-20,24,26-27,29-30,32-36,38,40-46,52,54-56,58-59H,7,9-10,13,15,17-18,21-23,25H2,1-5H3. The van der Waals surface area contributed by atoms with Crippen LogP contribution >= 0.6 is 0 Å². The Balaban J connectivity index is 1.09. The molecular formula is C51H67NO8. The van der Waals surface area contributed by atoms with Crippen LogP contribution in [0, 0.1) is 99.6 Å². The highest BCUT2D eigenvalue weighted by Crippen LogP contribution is 2.71. The summed E-state index contributed by atoms with van der Waals surface area (Å²) < 4.78 is 5.93. The van der Waals surface area contributed by atoms with E-state index in [0.29, 0.717) is 49.7 Å². The van der Waals surface area contributed by atoms with Crippen LogP contribution in [-0.4, -0.2) is 78.4 Å². The summed E-state index contributed by atoms with van der Waals surface area (Å²) in [6.07, 6.45) is 15.9. The molecule has 1 aliphatic heterocycles. The Kier molecular flexibility index (Phi) is 9.75. The zero-order chi connectivity index (χ0) is 42.3. The topological polar surface area (TPSA) is 160 Å². The van der Waals surface area contributed by atoms with Crippen molar-refractivity contribution in [3.63, 3.8) is 0 Å². The van der Waals surface area contributed by atoms with Crippen LogP contribution in [0.4, 0.5) is 0 Å². The Morgan fingerprint density at radius 1 is 0.933 bits per heavy atom. The van der Waals surface area contributed by atoms with Crippen LogP contribution in [0.3, 0.4) is 0 Å². The van der Waals surface area contributed by atoms with Gasteiger partial charge in [-0.05, 0) is 147 Å². The molecule has 60 heavy (non-hydrogen) atoms. The molecular weight excluding hydrogens is 755 g/mol. The summed E-state index contributed by atoms with van der Waals surface area (Å²) in [5.74, 6) is 6.70. The molecule has 5 fully saturated rings. The van der Waals surface area contributed by atoms with E-state index in [4.69, 9.17) is 4.74 Å². The number of carbonyl (C=O) groups is 2. The number of esters is 1. The first-order chi connectivity index (χ1) is 28.5. The molecule has 21 atom stereocenters. The minimum atomic E-state index is -1.58. The molecule has 0 radical (unpaired) electrons. The molecule has 324 valence electrons. The smallest absolute Gasteiger partial charge is 0.313 e. The quantitative estimate of drug-likeness (QED) is 0.116. The number of aliphatic hydroxyl groups is 5.